The maximum Gasteiger partial charge on any atom is 0.408 e. The first-order valence-corrected chi connectivity index (χ1v) is 8.37. The van der Waals surface area contributed by atoms with Crippen molar-refractivity contribution in [2.45, 2.75) is 58.7 Å². The predicted octanol–water partition coefficient (Wildman–Crippen LogP) is 2.98. The summed E-state index contributed by atoms with van der Waals surface area (Å²) >= 11 is 0. The topological polar surface area (TPSA) is 59.4 Å². The number of nitrogens with one attached hydrogen (secondary N) is 1. The Hall–Kier alpha value is -1.56. The van der Waals surface area contributed by atoms with E-state index in [1.807, 2.05) is 40.2 Å². The van der Waals surface area contributed by atoms with Gasteiger partial charge in [0, 0.05) is 12.6 Å². The third kappa shape index (κ3) is 4.70. The average Bonchev–Trinajstić information content (AvgIpc) is 2.85. The Kier molecular flexibility index (Phi) is 5.34. The van der Waals surface area contributed by atoms with Gasteiger partial charge in [-0.15, -0.1) is 0 Å². The second-order valence-electron chi connectivity index (χ2n) is 7.69. The molecule has 0 spiro atoms. The highest BCUT2D eigenvalue weighted by Gasteiger charge is 2.28. The number of ether oxygens (including phenoxy) is 1. The third-order valence-corrected chi connectivity index (χ3v) is 4.29. The molecule has 6 nitrogen and oxygen atoms in total. The lowest BCUT2D eigenvalue weighted by Gasteiger charge is -2.36. The molecule has 2 rings (SSSR count). The van der Waals surface area contributed by atoms with Gasteiger partial charge in [0.15, 0.2) is 0 Å². The number of carbonyl (C=O) groups is 1. The standard InChI is InChI=1S/C17H30N4O2/c1-12-10-20(6)8-7-14(12)21-11-18-9-15(21)13(2)19-16(22)23-17(3,4)5/h9,11-14H,7-8,10H2,1-6H3,(H,19,22)/t12?,13-,14?/m0/s1. The van der Waals surface area contributed by atoms with Crippen LogP contribution in [0.2, 0.25) is 0 Å². The molecule has 3 atom stereocenters. The fourth-order valence-corrected chi connectivity index (χ4v) is 3.24. The molecule has 2 heterocycles. The van der Waals surface area contributed by atoms with Crippen molar-refractivity contribution in [1.29, 1.82) is 0 Å². The summed E-state index contributed by atoms with van der Waals surface area (Å²) in [6.07, 6.45) is 4.43. The highest BCUT2D eigenvalue weighted by Crippen LogP contribution is 2.30. The summed E-state index contributed by atoms with van der Waals surface area (Å²) in [6, 6.07) is 0.283. The second-order valence-corrected chi connectivity index (χ2v) is 7.69. The molecule has 2 unspecified atom stereocenters. The first kappa shape index (κ1) is 17.8. The van der Waals surface area contributed by atoms with Crippen LogP contribution in [0.3, 0.4) is 0 Å². The van der Waals surface area contributed by atoms with Gasteiger partial charge in [-0.05, 0) is 53.6 Å². The summed E-state index contributed by atoms with van der Waals surface area (Å²) < 4.78 is 7.56. The van der Waals surface area contributed by atoms with E-state index in [9.17, 15) is 4.79 Å². The number of amides is 1. The monoisotopic (exact) mass is 322 g/mol. The van der Waals surface area contributed by atoms with E-state index in [2.05, 4.69) is 33.7 Å². The Morgan fingerprint density at radius 2 is 2.17 bits per heavy atom. The summed E-state index contributed by atoms with van der Waals surface area (Å²) in [5, 5.41) is 2.91. The minimum Gasteiger partial charge on any atom is -0.444 e. The molecule has 0 aliphatic carbocycles. The van der Waals surface area contributed by atoms with Crippen molar-refractivity contribution in [2.24, 2.45) is 5.92 Å². The van der Waals surface area contributed by atoms with E-state index >= 15 is 0 Å². The number of carbonyl (C=O) groups excluding carboxylic acids is 1. The zero-order valence-corrected chi connectivity index (χ0v) is 15.2. The predicted molar refractivity (Wildman–Crippen MR) is 90.3 cm³/mol. The Labute approximate surface area is 139 Å². The Morgan fingerprint density at radius 1 is 1.48 bits per heavy atom. The van der Waals surface area contributed by atoms with Gasteiger partial charge in [-0.1, -0.05) is 6.92 Å². The molecule has 1 amide bonds. The molecule has 1 aliphatic heterocycles. The smallest absolute Gasteiger partial charge is 0.408 e. The van der Waals surface area contributed by atoms with Crippen LogP contribution in [0.15, 0.2) is 12.5 Å². The van der Waals surface area contributed by atoms with Gasteiger partial charge in [-0.3, -0.25) is 0 Å². The van der Waals surface area contributed by atoms with Crippen LogP contribution in [0.25, 0.3) is 0 Å². The Balaban J connectivity index is 2.07. The van der Waals surface area contributed by atoms with Gasteiger partial charge >= 0.3 is 6.09 Å². The quantitative estimate of drug-likeness (QED) is 0.929. The summed E-state index contributed by atoms with van der Waals surface area (Å²) in [6.45, 7) is 12.0. The van der Waals surface area contributed by atoms with Gasteiger partial charge in [0.05, 0.1) is 24.3 Å². The van der Waals surface area contributed by atoms with Crippen molar-refractivity contribution in [1.82, 2.24) is 19.8 Å². The molecule has 1 aromatic heterocycles. The molecule has 1 saturated heterocycles. The lowest BCUT2D eigenvalue weighted by atomic mass is 9.93. The maximum absolute atomic E-state index is 12.0. The minimum absolute atomic E-state index is 0.140. The molecule has 23 heavy (non-hydrogen) atoms. The average molecular weight is 322 g/mol. The number of rotatable bonds is 3. The first-order valence-electron chi connectivity index (χ1n) is 8.37. The van der Waals surface area contributed by atoms with Crippen LogP contribution >= 0.6 is 0 Å². The van der Waals surface area contributed by atoms with E-state index in [0.29, 0.717) is 12.0 Å². The highest BCUT2D eigenvalue weighted by molar-refractivity contribution is 5.68. The number of hydrogen-bond donors (Lipinski definition) is 1. The summed E-state index contributed by atoms with van der Waals surface area (Å²) in [4.78, 5) is 18.7. The van der Waals surface area contributed by atoms with Crippen molar-refractivity contribution < 1.29 is 9.53 Å². The van der Waals surface area contributed by atoms with Crippen LogP contribution in [0.5, 0.6) is 0 Å². The molecule has 1 aromatic rings. The van der Waals surface area contributed by atoms with Crippen LogP contribution < -0.4 is 5.32 Å². The molecular formula is C17H30N4O2. The van der Waals surface area contributed by atoms with E-state index in [1.54, 1.807) is 0 Å². The molecule has 6 heteroatoms. The van der Waals surface area contributed by atoms with Gasteiger partial charge in [0.25, 0.3) is 0 Å². The van der Waals surface area contributed by atoms with Crippen molar-refractivity contribution in [3.8, 4) is 0 Å². The molecule has 0 saturated carbocycles. The van der Waals surface area contributed by atoms with E-state index < -0.39 is 11.7 Å². The number of alkyl carbamates (subject to hydrolysis) is 1. The molecule has 1 fully saturated rings. The van der Waals surface area contributed by atoms with Gasteiger partial charge in [0.1, 0.15) is 5.60 Å². The Morgan fingerprint density at radius 3 is 2.78 bits per heavy atom. The molecule has 1 aliphatic rings. The van der Waals surface area contributed by atoms with Gasteiger partial charge in [-0.25, -0.2) is 9.78 Å². The normalized spacial score (nSPS) is 24.3. The molecule has 0 aromatic carbocycles. The minimum atomic E-state index is -0.494. The van der Waals surface area contributed by atoms with Crippen molar-refractivity contribution >= 4 is 6.09 Å². The van der Waals surface area contributed by atoms with Gasteiger partial charge < -0.3 is 19.5 Å². The lowest BCUT2D eigenvalue weighted by Crippen LogP contribution is -2.39. The lowest BCUT2D eigenvalue weighted by molar-refractivity contribution is 0.0504. The highest BCUT2D eigenvalue weighted by atomic mass is 16.6. The number of aromatic nitrogens is 2. The number of imidazole rings is 1. The third-order valence-electron chi connectivity index (χ3n) is 4.29. The summed E-state index contributed by atoms with van der Waals surface area (Å²) in [5.74, 6) is 0.551. The number of nitrogens with zero attached hydrogens (tertiary/aromatic N) is 3. The van der Waals surface area contributed by atoms with E-state index in [1.165, 1.54) is 0 Å². The van der Waals surface area contributed by atoms with E-state index in [0.717, 1.165) is 25.2 Å². The zero-order valence-electron chi connectivity index (χ0n) is 15.2. The number of hydrogen-bond acceptors (Lipinski definition) is 4. The Bertz CT molecular complexity index is 535. The van der Waals surface area contributed by atoms with Gasteiger partial charge in [-0.2, -0.15) is 0 Å². The molecule has 0 radical (unpaired) electrons. The van der Waals surface area contributed by atoms with E-state index in [4.69, 9.17) is 4.74 Å². The largest absolute Gasteiger partial charge is 0.444 e. The molecule has 0 bridgehead atoms. The van der Waals surface area contributed by atoms with Crippen molar-refractivity contribution in [3.05, 3.63) is 18.2 Å². The summed E-state index contributed by atoms with van der Waals surface area (Å²) in [5.41, 5.74) is 0.532. The van der Waals surface area contributed by atoms with Crippen molar-refractivity contribution in [3.63, 3.8) is 0 Å². The van der Waals surface area contributed by atoms with E-state index in [-0.39, 0.29) is 6.04 Å². The maximum atomic E-state index is 12.0. The van der Waals surface area contributed by atoms with Crippen LogP contribution in [0.1, 0.15) is 58.8 Å². The second kappa shape index (κ2) is 6.91. The molecule has 1 N–H and O–H groups in total. The van der Waals surface area contributed by atoms with Crippen LogP contribution in [-0.2, 0) is 4.74 Å². The fraction of sp³-hybridized carbons (Fsp3) is 0.765. The van der Waals surface area contributed by atoms with Gasteiger partial charge in [0.2, 0.25) is 0 Å². The summed E-state index contributed by atoms with van der Waals surface area (Å²) in [7, 11) is 2.16. The van der Waals surface area contributed by atoms with Crippen LogP contribution in [0, 0.1) is 5.92 Å². The molecule has 130 valence electrons. The number of piperidine rings is 1. The van der Waals surface area contributed by atoms with Crippen LogP contribution in [0.4, 0.5) is 4.79 Å². The fourth-order valence-electron chi connectivity index (χ4n) is 3.24. The van der Waals surface area contributed by atoms with Crippen molar-refractivity contribution in [2.75, 3.05) is 20.1 Å². The van der Waals surface area contributed by atoms with Crippen LogP contribution in [-0.4, -0.2) is 46.3 Å². The first-order chi connectivity index (χ1) is 10.7. The SMILES string of the molecule is CC1CN(C)CCC1n1cncc1[C@H](C)NC(=O)OC(C)(C)C. The molecular weight excluding hydrogens is 292 g/mol. The zero-order chi connectivity index (χ0) is 17.2. The number of likely N-dealkylation sites (tertiary alicyclic amines) is 1.